The minimum Gasteiger partial charge on any atom is -0.336 e. The molecule has 1 heterocycles. The molecule has 0 aromatic heterocycles. The summed E-state index contributed by atoms with van der Waals surface area (Å²) >= 11 is 1.62. The molecule has 1 aliphatic rings. The van der Waals surface area contributed by atoms with E-state index in [0.29, 0.717) is 11.8 Å². The number of halogens is 1. The number of carbonyl (C=O) groups is 1. The quantitative estimate of drug-likeness (QED) is 0.871. The van der Waals surface area contributed by atoms with Gasteiger partial charge in [-0.3, -0.25) is 4.79 Å². The van der Waals surface area contributed by atoms with Gasteiger partial charge in [0, 0.05) is 30.1 Å². The van der Waals surface area contributed by atoms with Crippen molar-refractivity contribution < 1.29 is 4.79 Å². The van der Waals surface area contributed by atoms with Crippen LogP contribution in [0.2, 0.25) is 0 Å². The molecule has 1 aromatic rings. The van der Waals surface area contributed by atoms with Crippen molar-refractivity contribution in [1.82, 2.24) is 10.2 Å². The molecule has 112 valence electrons. The second kappa shape index (κ2) is 7.91. The molecule has 1 N–H and O–H groups in total. The topological polar surface area (TPSA) is 32.3 Å². The van der Waals surface area contributed by atoms with Gasteiger partial charge in [0.05, 0.1) is 5.75 Å². The molecule has 1 aromatic carbocycles. The zero-order valence-electron chi connectivity index (χ0n) is 12.3. The third kappa shape index (κ3) is 4.40. The Morgan fingerprint density at radius 2 is 2.00 bits per heavy atom. The number of nitrogens with one attached hydrogen (secondary N) is 1. The summed E-state index contributed by atoms with van der Waals surface area (Å²) in [5.74, 6) is 0.770. The van der Waals surface area contributed by atoms with Crippen molar-refractivity contribution in [1.29, 1.82) is 0 Å². The van der Waals surface area contributed by atoms with E-state index < -0.39 is 0 Å². The van der Waals surface area contributed by atoms with Crippen LogP contribution >= 0.6 is 24.2 Å². The van der Waals surface area contributed by atoms with E-state index in [1.807, 2.05) is 4.90 Å². The molecule has 1 saturated heterocycles. The fraction of sp³-hybridized carbons (Fsp3) is 0.533. The maximum atomic E-state index is 12.3. The highest BCUT2D eigenvalue weighted by Crippen LogP contribution is 2.20. The zero-order valence-corrected chi connectivity index (χ0v) is 13.9. The smallest absolute Gasteiger partial charge is 0.233 e. The Labute approximate surface area is 131 Å². The van der Waals surface area contributed by atoms with Crippen LogP contribution in [0.15, 0.2) is 29.2 Å². The molecule has 2 atom stereocenters. The first kappa shape index (κ1) is 17.3. The third-order valence-electron chi connectivity index (χ3n) is 3.74. The zero-order chi connectivity index (χ0) is 13.8. The maximum Gasteiger partial charge on any atom is 0.233 e. The third-order valence-corrected chi connectivity index (χ3v) is 4.73. The van der Waals surface area contributed by atoms with Crippen LogP contribution in [0.5, 0.6) is 0 Å². The van der Waals surface area contributed by atoms with Gasteiger partial charge in [-0.1, -0.05) is 17.7 Å². The Kier molecular flexibility index (Phi) is 6.86. The molecule has 2 rings (SSSR count). The van der Waals surface area contributed by atoms with Crippen molar-refractivity contribution in [3.63, 3.8) is 0 Å². The van der Waals surface area contributed by atoms with E-state index in [4.69, 9.17) is 0 Å². The predicted octanol–water partition coefficient (Wildman–Crippen LogP) is 2.72. The lowest BCUT2D eigenvalue weighted by Crippen LogP contribution is -2.57. The van der Waals surface area contributed by atoms with Gasteiger partial charge >= 0.3 is 0 Å². The van der Waals surface area contributed by atoms with Crippen molar-refractivity contribution in [2.75, 3.05) is 18.8 Å². The van der Waals surface area contributed by atoms with E-state index in [9.17, 15) is 4.79 Å². The molecule has 1 aliphatic heterocycles. The summed E-state index contributed by atoms with van der Waals surface area (Å²) in [5.41, 5.74) is 1.25. The summed E-state index contributed by atoms with van der Waals surface area (Å²) < 4.78 is 0. The average Bonchev–Trinajstić information content (AvgIpc) is 2.41. The van der Waals surface area contributed by atoms with Gasteiger partial charge in [-0.2, -0.15) is 0 Å². The Morgan fingerprint density at radius 1 is 1.35 bits per heavy atom. The first-order valence-electron chi connectivity index (χ1n) is 6.80. The van der Waals surface area contributed by atoms with E-state index >= 15 is 0 Å². The van der Waals surface area contributed by atoms with Crippen LogP contribution in [0.4, 0.5) is 0 Å². The number of amides is 1. The van der Waals surface area contributed by atoms with Crippen molar-refractivity contribution >= 4 is 30.1 Å². The molecule has 3 nitrogen and oxygen atoms in total. The van der Waals surface area contributed by atoms with Crippen LogP contribution in [0.1, 0.15) is 19.4 Å². The number of hydrogen-bond acceptors (Lipinski definition) is 3. The van der Waals surface area contributed by atoms with Crippen LogP contribution in [0.25, 0.3) is 0 Å². The monoisotopic (exact) mass is 314 g/mol. The number of thioether (sulfide) groups is 1. The molecule has 0 bridgehead atoms. The van der Waals surface area contributed by atoms with Gasteiger partial charge in [-0.15, -0.1) is 24.2 Å². The minimum absolute atomic E-state index is 0. The van der Waals surface area contributed by atoms with E-state index in [-0.39, 0.29) is 24.4 Å². The Balaban J connectivity index is 0.00000200. The number of carbonyl (C=O) groups excluding carboxylic acids is 1. The lowest BCUT2D eigenvalue weighted by atomic mass is 10.1. The van der Waals surface area contributed by atoms with Gasteiger partial charge < -0.3 is 10.2 Å². The van der Waals surface area contributed by atoms with E-state index in [0.717, 1.165) is 18.0 Å². The van der Waals surface area contributed by atoms with Gasteiger partial charge in [0.15, 0.2) is 0 Å². The van der Waals surface area contributed by atoms with Gasteiger partial charge in [-0.25, -0.2) is 0 Å². The molecule has 1 amide bonds. The van der Waals surface area contributed by atoms with Crippen molar-refractivity contribution in [3.05, 3.63) is 29.8 Å². The fourth-order valence-electron chi connectivity index (χ4n) is 2.27. The van der Waals surface area contributed by atoms with E-state index in [1.54, 1.807) is 11.8 Å². The minimum atomic E-state index is 0. The summed E-state index contributed by atoms with van der Waals surface area (Å²) in [7, 11) is 0. The molecule has 1 fully saturated rings. The van der Waals surface area contributed by atoms with Gasteiger partial charge in [0.2, 0.25) is 5.91 Å². The highest BCUT2D eigenvalue weighted by Gasteiger charge is 2.27. The number of aryl methyl sites for hydroxylation is 1. The molecule has 5 heteroatoms. The largest absolute Gasteiger partial charge is 0.336 e. The number of rotatable bonds is 3. The summed E-state index contributed by atoms with van der Waals surface area (Å²) in [6, 6.07) is 8.99. The van der Waals surface area contributed by atoms with E-state index in [1.165, 1.54) is 5.56 Å². The normalized spacial score (nSPS) is 22.2. The average molecular weight is 315 g/mol. The Morgan fingerprint density at radius 3 is 2.65 bits per heavy atom. The number of hydrogen-bond donors (Lipinski definition) is 1. The first-order valence-corrected chi connectivity index (χ1v) is 7.79. The molecule has 0 saturated carbocycles. The van der Waals surface area contributed by atoms with Crippen LogP contribution in [0.3, 0.4) is 0 Å². The standard InChI is InChI=1S/C15H22N2OS.ClH/c1-11-4-6-14(7-5-11)19-10-15(18)17-9-8-16-12(2)13(17)3;/h4-7,12-13,16H,8-10H2,1-3H3;1H. The predicted molar refractivity (Wildman–Crippen MR) is 87.8 cm³/mol. The summed E-state index contributed by atoms with van der Waals surface area (Å²) in [5, 5.41) is 3.40. The Hall–Kier alpha value is -0.710. The molecule has 0 aliphatic carbocycles. The van der Waals surface area contributed by atoms with Gasteiger partial charge in [0.25, 0.3) is 0 Å². The molecule has 20 heavy (non-hydrogen) atoms. The molecular formula is C15H23ClN2OS. The summed E-state index contributed by atoms with van der Waals surface area (Å²) in [4.78, 5) is 15.4. The maximum absolute atomic E-state index is 12.3. The highest BCUT2D eigenvalue weighted by molar-refractivity contribution is 8.00. The highest BCUT2D eigenvalue weighted by atomic mass is 35.5. The van der Waals surface area contributed by atoms with Crippen molar-refractivity contribution in [2.24, 2.45) is 0 Å². The summed E-state index contributed by atoms with van der Waals surface area (Å²) in [6.07, 6.45) is 0. The number of nitrogens with zero attached hydrogens (tertiary/aromatic N) is 1. The number of piperazine rings is 1. The molecular weight excluding hydrogens is 292 g/mol. The van der Waals surface area contributed by atoms with Gasteiger partial charge in [0.1, 0.15) is 0 Å². The molecule has 2 unspecified atom stereocenters. The van der Waals surface area contributed by atoms with Crippen LogP contribution in [0, 0.1) is 6.92 Å². The molecule has 0 radical (unpaired) electrons. The fourth-order valence-corrected chi connectivity index (χ4v) is 3.06. The van der Waals surface area contributed by atoms with Crippen LogP contribution in [-0.2, 0) is 4.79 Å². The van der Waals surface area contributed by atoms with Crippen LogP contribution < -0.4 is 5.32 Å². The molecule has 0 spiro atoms. The Bertz CT molecular complexity index is 438. The second-order valence-corrected chi connectivity index (χ2v) is 6.22. The number of benzene rings is 1. The lowest BCUT2D eigenvalue weighted by Gasteiger charge is -2.38. The first-order chi connectivity index (χ1) is 9.08. The SMILES string of the molecule is Cc1ccc(SCC(=O)N2CCNC(C)C2C)cc1.Cl. The van der Waals surface area contributed by atoms with Crippen molar-refractivity contribution in [2.45, 2.75) is 37.8 Å². The van der Waals surface area contributed by atoms with Gasteiger partial charge in [-0.05, 0) is 32.9 Å². The van der Waals surface area contributed by atoms with E-state index in [2.05, 4.69) is 50.4 Å². The lowest BCUT2D eigenvalue weighted by molar-refractivity contribution is -0.131. The summed E-state index contributed by atoms with van der Waals surface area (Å²) in [6.45, 7) is 8.04. The van der Waals surface area contributed by atoms with Crippen LogP contribution in [-0.4, -0.2) is 41.7 Å². The van der Waals surface area contributed by atoms with Crippen molar-refractivity contribution in [3.8, 4) is 0 Å². The second-order valence-electron chi connectivity index (χ2n) is 5.17.